The van der Waals surface area contributed by atoms with Crippen molar-refractivity contribution in [3.8, 4) is 0 Å². The van der Waals surface area contributed by atoms with Gasteiger partial charge in [-0.3, -0.25) is 0 Å². The second-order valence-electron chi connectivity index (χ2n) is 6.55. The molecular weight excluding hydrogens is 244 g/mol. The van der Waals surface area contributed by atoms with Crippen molar-refractivity contribution in [3.05, 3.63) is 0 Å². The average molecular weight is 266 g/mol. The molecule has 0 spiro atoms. The third-order valence-electron chi connectivity index (χ3n) is 3.94. The van der Waals surface area contributed by atoms with Gasteiger partial charge in [0.25, 0.3) is 0 Å². The lowest BCUT2D eigenvalue weighted by molar-refractivity contribution is 0.0170. The number of amides is 1. The molecule has 1 amide bonds. The normalized spacial score (nSPS) is 22.6. The summed E-state index contributed by atoms with van der Waals surface area (Å²) >= 11 is 0. The van der Waals surface area contributed by atoms with Crippen LogP contribution in [0.4, 0.5) is 4.79 Å². The fourth-order valence-electron chi connectivity index (χ4n) is 2.76. The molecule has 0 atom stereocenters. The number of aliphatic imine (C=N–C) groups is 1. The molecular formula is C14H22N2O3. The standard InChI is InChI=1S/C14H22N2O3/c1-13(2,3)19-12(18)16-8-4-11(5-9-16)14(6-7-14)15-10-17/h11H,4-9H2,1-3H3. The number of hydrogen-bond donors (Lipinski definition) is 0. The SMILES string of the molecule is CC(C)(C)OC(=O)N1CCC(C2(N=C=O)CC2)CC1. The molecule has 0 aromatic carbocycles. The highest BCUT2D eigenvalue weighted by Crippen LogP contribution is 2.49. The molecule has 0 unspecified atom stereocenters. The first-order valence-corrected chi connectivity index (χ1v) is 6.93. The highest BCUT2D eigenvalue weighted by atomic mass is 16.6. The van der Waals surface area contributed by atoms with E-state index in [-0.39, 0.29) is 11.6 Å². The van der Waals surface area contributed by atoms with Crippen LogP contribution in [0, 0.1) is 5.92 Å². The Bertz CT molecular complexity index is 395. The summed E-state index contributed by atoms with van der Waals surface area (Å²) in [5.41, 5.74) is -0.602. The molecule has 2 aliphatic rings. The fourth-order valence-corrected chi connectivity index (χ4v) is 2.76. The number of piperidine rings is 1. The van der Waals surface area contributed by atoms with Crippen LogP contribution < -0.4 is 0 Å². The summed E-state index contributed by atoms with van der Waals surface area (Å²) < 4.78 is 5.36. The van der Waals surface area contributed by atoms with Crippen LogP contribution in [-0.4, -0.2) is 41.3 Å². The minimum absolute atomic E-state index is 0.151. The largest absolute Gasteiger partial charge is 0.444 e. The summed E-state index contributed by atoms with van der Waals surface area (Å²) in [6, 6.07) is 0. The van der Waals surface area contributed by atoms with Crippen molar-refractivity contribution in [3.63, 3.8) is 0 Å². The highest BCUT2D eigenvalue weighted by molar-refractivity contribution is 5.68. The Morgan fingerprint density at radius 1 is 1.32 bits per heavy atom. The average Bonchev–Trinajstić information content (AvgIpc) is 3.09. The van der Waals surface area contributed by atoms with E-state index in [1.165, 1.54) is 0 Å². The lowest BCUT2D eigenvalue weighted by Gasteiger charge is -2.35. The van der Waals surface area contributed by atoms with Gasteiger partial charge in [0.2, 0.25) is 6.08 Å². The number of nitrogens with zero attached hydrogens (tertiary/aromatic N) is 2. The predicted octanol–water partition coefficient (Wildman–Crippen LogP) is 2.50. The molecule has 1 aliphatic carbocycles. The van der Waals surface area contributed by atoms with Gasteiger partial charge in [0.15, 0.2) is 0 Å². The quantitative estimate of drug-likeness (QED) is 0.570. The van der Waals surface area contributed by atoms with Crippen molar-refractivity contribution in [2.45, 2.75) is 57.6 Å². The molecule has 19 heavy (non-hydrogen) atoms. The molecule has 5 nitrogen and oxygen atoms in total. The fraction of sp³-hybridized carbons (Fsp3) is 0.857. The first-order valence-electron chi connectivity index (χ1n) is 6.93. The van der Waals surface area contributed by atoms with E-state index in [2.05, 4.69) is 4.99 Å². The summed E-state index contributed by atoms with van der Waals surface area (Å²) in [6.45, 7) is 6.99. The third-order valence-corrected chi connectivity index (χ3v) is 3.94. The second kappa shape index (κ2) is 4.97. The van der Waals surface area contributed by atoms with Crippen molar-refractivity contribution in [1.29, 1.82) is 0 Å². The van der Waals surface area contributed by atoms with E-state index in [0.29, 0.717) is 19.0 Å². The zero-order valence-electron chi connectivity index (χ0n) is 11.9. The molecule has 1 saturated carbocycles. The zero-order chi connectivity index (χ0) is 14.1. The maximum Gasteiger partial charge on any atom is 0.410 e. The molecule has 0 aromatic heterocycles. The van der Waals surface area contributed by atoms with E-state index in [0.717, 1.165) is 25.7 Å². The Hall–Kier alpha value is -1.35. The molecule has 0 aromatic rings. The molecule has 1 saturated heterocycles. The van der Waals surface area contributed by atoms with Crippen molar-refractivity contribution in [1.82, 2.24) is 4.90 Å². The molecule has 0 N–H and O–H groups in total. The van der Waals surface area contributed by atoms with Gasteiger partial charge in [-0.25, -0.2) is 9.59 Å². The summed E-state index contributed by atoms with van der Waals surface area (Å²) in [4.78, 5) is 28.1. The van der Waals surface area contributed by atoms with E-state index >= 15 is 0 Å². The van der Waals surface area contributed by atoms with Crippen LogP contribution in [0.2, 0.25) is 0 Å². The Balaban J connectivity index is 1.86. The predicted molar refractivity (Wildman–Crippen MR) is 70.6 cm³/mol. The molecule has 0 bridgehead atoms. The van der Waals surface area contributed by atoms with Gasteiger partial charge in [-0.05, 0) is 52.4 Å². The van der Waals surface area contributed by atoms with Gasteiger partial charge in [0.05, 0.1) is 5.54 Å². The zero-order valence-corrected chi connectivity index (χ0v) is 11.9. The molecule has 0 radical (unpaired) electrons. The Labute approximate surface area is 114 Å². The number of carbonyl (C=O) groups excluding carboxylic acids is 2. The molecule has 2 fully saturated rings. The number of ether oxygens (including phenoxy) is 1. The molecule has 2 rings (SSSR count). The minimum Gasteiger partial charge on any atom is -0.444 e. The van der Waals surface area contributed by atoms with Gasteiger partial charge in [0, 0.05) is 13.1 Å². The molecule has 106 valence electrons. The summed E-state index contributed by atoms with van der Waals surface area (Å²) in [6.07, 6.45) is 5.22. The first-order chi connectivity index (χ1) is 8.86. The monoisotopic (exact) mass is 266 g/mol. The molecule has 5 heteroatoms. The first kappa shape index (κ1) is 14.1. The van der Waals surface area contributed by atoms with Gasteiger partial charge in [-0.1, -0.05) is 0 Å². The van der Waals surface area contributed by atoms with E-state index in [4.69, 9.17) is 4.74 Å². The van der Waals surface area contributed by atoms with Crippen molar-refractivity contribution in [2.75, 3.05) is 13.1 Å². The van der Waals surface area contributed by atoms with Gasteiger partial charge in [0.1, 0.15) is 5.60 Å². The number of likely N-dealkylation sites (tertiary alicyclic amines) is 1. The Morgan fingerprint density at radius 3 is 2.32 bits per heavy atom. The number of carbonyl (C=O) groups is 1. The van der Waals surface area contributed by atoms with E-state index in [1.807, 2.05) is 20.8 Å². The smallest absolute Gasteiger partial charge is 0.410 e. The van der Waals surface area contributed by atoms with Crippen LogP contribution in [0.5, 0.6) is 0 Å². The van der Waals surface area contributed by atoms with Crippen molar-refractivity contribution in [2.24, 2.45) is 10.9 Å². The maximum absolute atomic E-state index is 11.9. The van der Waals surface area contributed by atoms with Gasteiger partial charge in [-0.2, -0.15) is 4.99 Å². The Kier molecular flexibility index (Phi) is 3.68. The Morgan fingerprint density at radius 2 is 1.89 bits per heavy atom. The summed E-state index contributed by atoms with van der Waals surface area (Å²) in [5, 5.41) is 0. The van der Waals surface area contributed by atoms with Gasteiger partial charge >= 0.3 is 6.09 Å². The van der Waals surface area contributed by atoms with Crippen LogP contribution in [0.1, 0.15) is 46.5 Å². The number of isocyanates is 1. The van der Waals surface area contributed by atoms with E-state index < -0.39 is 5.60 Å². The van der Waals surface area contributed by atoms with Crippen LogP contribution in [0.15, 0.2) is 4.99 Å². The topological polar surface area (TPSA) is 59.0 Å². The lowest BCUT2D eigenvalue weighted by atomic mass is 9.88. The van der Waals surface area contributed by atoms with Gasteiger partial charge < -0.3 is 9.64 Å². The molecule has 1 aliphatic heterocycles. The third kappa shape index (κ3) is 3.35. The lowest BCUT2D eigenvalue weighted by Crippen LogP contribution is -2.43. The molecule has 1 heterocycles. The highest BCUT2D eigenvalue weighted by Gasteiger charge is 2.50. The van der Waals surface area contributed by atoms with Crippen LogP contribution in [-0.2, 0) is 9.53 Å². The van der Waals surface area contributed by atoms with Crippen LogP contribution in [0.3, 0.4) is 0 Å². The number of hydrogen-bond acceptors (Lipinski definition) is 4. The van der Waals surface area contributed by atoms with Crippen LogP contribution >= 0.6 is 0 Å². The van der Waals surface area contributed by atoms with Gasteiger partial charge in [-0.15, -0.1) is 0 Å². The van der Waals surface area contributed by atoms with Crippen molar-refractivity contribution >= 4 is 12.2 Å². The minimum atomic E-state index is -0.451. The van der Waals surface area contributed by atoms with Crippen molar-refractivity contribution < 1.29 is 14.3 Å². The maximum atomic E-state index is 11.9. The van der Waals surface area contributed by atoms with E-state index in [1.54, 1.807) is 11.0 Å². The number of rotatable bonds is 2. The summed E-state index contributed by atoms with van der Waals surface area (Å²) in [5.74, 6) is 0.410. The second-order valence-corrected chi connectivity index (χ2v) is 6.55. The van der Waals surface area contributed by atoms with Crippen LogP contribution in [0.25, 0.3) is 0 Å². The van der Waals surface area contributed by atoms with E-state index in [9.17, 15) is 9.59 Å². The summed E-state index contributed by atoms with van der Waals surface area (Å²) in [7, 11) is 0.